The number of rotatable bonds is 7. The van der Waals surface area contributed by atoms with E-state index in [9.17, 15) is 9.18 Å². The van der Waals surface area contributed by atoms with Gasteiger partial charge in [0.25, 0.3) is 0 Å². The fourth-order valence-corrected chi connectivity index (χ4v) is 4.07. The summed E-state index contributed by atoms with van der Waals surface area (Å²) in [6, 6.07) is 16.0. The van der Waals surface area contributed by atoms with E-state index in [0.717, 1.165) is 54.4 Å². The molecule has 1 aliphatic heterocycles. The third-order valence-electron chi connectivity index (χ3n) is 5.59. The van der Waals surface area contributed by atoms with Crippen molar-refractivity contribution in [2.75, 3.05) is 25.0 Å². The summed E-state index contributed by atoms with van der Waals surface area (Å²) in [5, 5.41) is 6.29. The van der Waals surface area contributed by atoms with Crippen LogP contribution in [0.1, 0.15) is 35.8 Å². The first-order valence-electron chi connectivity index (χ1n) is 11.0. The number of anilines is 2. The zero-order valence-corrected chi connectivity index (χ0v) is 18.2. The monoisotopic (exact) mass is 433 g/mol. The maximum Gasteiger partial charge on any atom is 0.234 e. The van der Waals surface area contributed by atoms with Crippen LogP contribution in [0, 0.1) is 12.7 Å². The summed E-state index contributed by atoms with van der Waals surface area (Å²) in [7, 11) is 0. The van der Waals surface area contributed by atoms with Crippen molar-refractivity contribution in [3.05, 3.63) is 83.7 Å². The van der Waals surface area contributed by atoms with Gasteiger partial charge in [-0.2, -0.15) is 0 Å². The molecule has 1 saturated heterocycles. The fourth-order valence-electron chi connectivity index (χ4n) is 4.07. The van der Waals surface area contributed by atoms with Crippen LogP contribution in [0.2, 0.25) is 0 Å². The van der Waals surface area contributed by atoms with Gasteiger partial charge in [-0.1, -0.05) is 6.07 Å². The molecule has 3 aromatic rings. The first-order valence-corrected chi connectivity index (χ1v) is 11.0. The predicted molar refractivity (Wildman–Crippen MR) is 123 cm³/mol. The molecule has 1 atom stereocenters. The van der Waals surface area contributed by atoms with Crippen LogP contribution in [0.25, 0.3) is 0 Å². The summed E-state index contributed by atoms with van der Waals surface area (Å²) in [5.41, 5.74) is 4.56. The standard InChI is InChI=1S/C25H28FN5O/c1-18-13-23(30-21-9-7-20(26)8-10-21)14-24(29-18)19-5-4-12-31(16-19)17-25(32)28-15-22-6-2-3-11-27-22/h2-3,6-11,13-14,19H,4-5,12,15-17H2,1H3,(H,28,32)(H,29,30)/t19-/m0/s1. The van der Waals surface area contributed by atoms with Crippen LogP contribution in [0.3, 0.4) is 0 Å². The van der Waals surface area contributed by atoms with Crippen LogP contribution < -0.4 is 10.6 Å². The number of pyridine rings is 2. The second-order valence-electron chi connectivity index (χ2n) is 8.23. The maximum atomic E-state index is 13.2. The molecule has 7 heteroatoms. The Morgan fingerprint density at radius 1 is 1.16 bits per heavy atom. The van der Waals surface area contributed by atoms with E-state index >= 15 is 0 Å². The van der Waals surface area contributed by atoms with E-state index in [1.165, 1.54) is 12.1 Å². The molecule has 1 fully saturated rings. The average Bonchev–Trinajstić information content (AvgIpc) is 2.80. The Kier molecular flexibility index (Phi) is 7.07. The number of benzene rings is 1. The van der Waals surface area contributed by atoms with Crippen LogP contribution in [0.5, 0.6) is 0 Å². The molecule has 0 saturated carbocycles. The third-order valence-corrected chi connectivity index (χ3v) is 5.59. The molecule has 166 valence electrons. The fraction of sp³-hybridized carbons (Fsp3) is 0.320. The highest BCUT2D eigenvalue weighted by atomic mass is 19.1. The zero-order valence-electron chi connectivity index (χ0n) is 18.2. The van der Waals surface area contributed by atoms with E-state index < -0.39 is 0 Å². The summed E-state index contributed by atoms with van der Waals surface area (Å²) in [6.45, 7) is 4.49. The molecule has 1 aliphatic rings. The number of amides is 1. The molecular weight excluding hydrogens is 405 g/mol. The quantitative estimate of drug-likeness (QED) is 0.585. The second-order valence-corrected chi connectivity index (χ2v) is 8.23. The van der Waals surface area contributed by atoms with Gasteiger partial charge < -0.3 is 10.6 Å². The second kappa shape index (κ2) is 10.3. The van der Waals surface area contributed by atoms with Crippen LogP contribution in [0.4, 0.5) is 15.8 Å². The highest BCUT2D eigenvalue weighted by Crippen LogP contribution is 2.28. The normalized spacial score (nSPS) is 16.5. The zero-order chi connectivity index (χ0) is 22.3. The Morgan fingerprint density at radius 3 is 2.78 bits per heavy atom. The van der Waals surface area contributed by atoms with Crippen LogP contribution in [-0.2, 0) is 11.3 Å². The molecule has 0 aliphatic carbocycles. The van der Waals surface area contributed by atoms with E-state index in [-0.39, 0.29) is 17.6 Å². The highest BCUT2D eigenvalue weighted by molar-refractivity contribution is 5.78. The van der Waals surface area contributed by atoms with Crippen molar-refractivity contribution in [2.45, 2.75) is 32.2 Å². The van der Waals surface area contributed by atoms with Gasteiger partial charge in [-0.25, -0.2) is 4.39 Å². The number of carbonyl (C=O) groups excluding carboxylic acids is 1. The number of nitrogens with zero attached hydrogens (tertiary/aromatic N) is 3. The largest absolute Gasteiger partial charge is 0.355 e. The number of halogens is 1. The minimum Gasteiger partial charge on any atom is -0.355 e. The molecule has 0 unspecified atom stereocenters. The van der Waals surface area contributed by atoms with Gasteiger partial charge in [-0.3, -0.25) is 19.7 Å². The number of carbonyl (C=O) groups is 1. The van der Waals surface area contributed by atoms with E-state index in [4.69, 9.17) is 4.98 Å². The van der Waals surface area contributed by atoms with Gasteiger partial charge in [0.1, 0.15) is 5.82 Å². The molecule has 3 heterocycles. The van der Waals surface area contributed by atoms with E-state index in [1.54, 1.807) is 18.3 Å². The summed E-state index contributed by atoms with van der Waals surface area (Å²) in [4.78, 5) is 23.6. The molecule has 6 nitrogen and oxygen atoms in total. The van der Waals surface area contributed by atoms with Gasteiger partial charge in [0.15, 0.2) is 0 Å². The van der Waals surface area contributed by atoms with Gasteiger partial charge in [0.05, 0.1) is 18.8 Å². The lowest BCUT2D eigenvalue weighted by Crippen LogP contribution is -2.42. The summed E-state index contributed by atoms with van der Waals surface area (Å²) in [6.07, 6.45) is 3.79. The first-order chi connectivity index (χ1) is 15.5. The van der Waals surface area contributed by atoms with E-state index in [1.807, 2.05) is 31.2 Å². The Labute approximate surface area is 187 Å². The molecule has 2 aromatic heterocycles. The SMILES string of the molecule is Cc1cc(Nc2ccc(F)cc2)cc([C@H]2CCCN(CC(=O)NCc3ccccn3)C2)n1. The van der Waals surface area contributed by atoms with Gasteiger partial charge in [-0.05, 0) is 74.8 Å². The third kappa shape index (κ3) is 6.11. The van der Waals surface area contributed by atoms with Crippen molar-refractivity contribution in [2.24, 2.45) is 0 Å². The van der Waals surface area contributed by atoms with E-state index in [2.05, 4.69) is 26.6 Å². The maximum absolute atomic E-state index is 13.2. The molecule has 0 spiro atoms. The Morgan fingerprint density at radius 2 is 2.00 bits per heavy atom. The molecule has 4 rings (SSSR count). The lowest BCUT2D eigenvalue weighted by molar-refractivity contribution is -0.122. The van der Waals surface area contributed by atoms with Gasteiger partial charge in [0.2, 0.25) is 5.91 Å². The van der Waals surface area contributed by atoms with Gasteiger partial charge in [0, 0.05) is 41.4 Å². The minimum absolute atomic E-state index is 0.00664. The number of piperidine rings is 1. The van der Waals surface area contributed by atoms with Crippen molar-refractivity contribution in [1.29, 1.82) is 0 Å². The van der Waals surface area contributed by atoms with E-state index in [0.29, 0.717) is 13.1 Å². The lowest BCUT2D eigenvalue weighted by Gasteiger charge is -2.32. The first kappa shape index (κ1) is 21.9. The average molecular weight is 434 g/mol. The lowest BCUT2D eigenvalue weighted by atomic mass is 9.93. The predicted octanol–water partition coefficient (Wildman–Crippen LogP) is 4.16. The summed E-state index contributed by atoms with van der Waals surface area (Å²) in [5.74, 6) is 0.0155. The van der Waals surface area contributed by atoms with Gasteiger partial charge in [-0.15, -0.1) is 0 Å². The minimum atomic E-state index is -0.256. The highest BCUT2D eigenvalue weighted by Gasteiger charge is 2.24. The topological polar surface area (TPSA) is 70.2 Å². The summed E-state index contributed by atoms with van der Waals surface area (Å²) < 4.78 is 13.2. The van der Waals surface area contributed by atoms with Crippen molar-refractivity contribution in [3.8, 4) is 0 Å². The molecule has 1 aromatic carbocycles. The Bertz CT molecular complexity index is 1040. The van der Waals surface area contributed by atoms with Crippen molar-refractivity contribution >= 4 is 17.3 Å². The van der Waals surface area contributed by atoms with Crippen LogP contribution in [-0.4, -0.2) is 40.4 Å². The Hall–Kier alpha value is -3.32. The van der Waals surface area contributed by atoms with Crippen molar-refractivity contribution in [1.82, 2.24) is 20.2 Å². The van der Waals surface area contributed by atoms with Gasteiger partial charge >= 0.3 is 0 Å². The molecule has 2 N–H and O–H groups in total. The number of likely N-dealkylation sites (tertiary alicyclic amines) is 1. The number of hydrogen-bond acceptors (Lipinski definition) is 5. The molecular formula is C25H28FN5O. The summed E-state index contributed by atoms with van der Waals surface area (Å²) >= 11 is 0. The Balaban J connectivity index is 1.36. The van der Waals surface area contributed by atoms with Crippen LogP contribution in [0.15, 0.2) is 60.8 Å². The number of nitrogens with one attached hydrogen (secondary N) is 2. The van der Waals surface area contributed by atoms with Crippen molar-refractivity contribution < 1.29 is 9.18 Å². The smallest absolute Gasteiger partial charge is 0.234 e. The molecule has 32 heavy (non-hydrogen) atoms. The molecule has 1 amide bonds. The van der Waals surface area contributed by atoms with Crippen molar-refractivity contribution in [3.63, 3.8) is 0 Å². The number of aryl methyl sites for hydroxylation is 1. The molecule has 0 radical (unpaired) electrons. The molecule has 0 bridgehead atoms. The number of aromatic nitrogens is 2. The number of hydrogen-bond donors (Lipinski definition) is 2. The van der Waals surface area contributed by atoms with Crippen LogP contribution >= 0.6 is 0 Å².